The summed E-state index contributed by atoms with van der Waals surface area (Å²) >= 11 is 6.20. The fourth-order valence-corrected chi connectivity index (χ4v) is 4.63. The Kier molecular flexibility index (Phi) is 6.43. The van der Waals surface area contributed by atoms with Crippen molar-refractivity contribution in [2.45, 2.75) is 38.7 Å². The van der Waals surface area contributed by atoms with Crippen LogP contribution in [0.4, 0.5) is 0 Å². The lowest BCUT2D eigenvalue weighted by molar-refractivity contribution is -0.136. The Morgan fingerprint density at radius 1 is 1.06 bits per heavy atom. The van der Waals surface area contributed by atoms with Crippen LogP contribution in [0.2, 0.25) is 5.02 Å². The van der Waals surface area contributed by atoms with Crippen LogP contribution in [-0.4, -0.2) is 56.1 Å². The molecule has 7 nitrogen and oxygen atoms in total. The third kappa shape index (κ3) is 4.60. The molecular formula is C25H28ClNO6. The molecule has 0 unspecified atom stereocenters. The first-order chi connectivity index (χ1) is 15.7. The summed E-state index contributed by atoms with van der Waals surface area (Å²) in [6, 6.07) is 7.06. The number of fused-ring (bicyclic) bond motifs is 1. The summed E-state index contributed by atoms with van der Waals surface area (Å²) in [7, 11) is 3.08. The number of aryl methyl sites for hydroxylation is 2. The van der Waals surface area contributed by atoms with Gasteiger partial charge in [-0.05, 0) is 37.1 Å². The van der Waals surface area contributed by atoms with E-state index in [4.69, 9.17) is 30.5 Å². The minimum absolute atomic E-state index is 0.0210. The highest BCUT2D eigenvalue weighted by molar-refractivity contribution is 6.32. The van der Waals surface area contributed by atoms with E-state index in [9.17, 15) is 9.59 Å². The molecule has 4 rings (SSSR count). The molecule has 176 valence electrons. The molecular weight excluding hydrogens is 446 g/mol. The summed E-state index contributed by atoms with van der Waals surface area (Å²) in [6.45, 7) is 4.74. The van der Waals surface area contributed by atoms with Crippen LogP contribution in [0.1, 0.15) is 40.7 Å². The molecule has 1 amide bonds. The molecule has 0 radical (unpaired) electrons. The van der Waals surface area contributed by atoms with Crippen LogP contribution in [0, 0.1) is 13.8 Å². The first-order valence-corrected chi connectivity index (χ1v) is 11.3. The van der Waals surface area contributed by atoms with Crippen LogP contribution in [0.3, 0.4) is 0 Å². The molecule has 1 saturated heterocycles. The molecule has 33 heavy (non-hydrogen) atoms. The van der Waals surface area contributed by atoms with E-state index in [0.717, 1.165) is 11.1 Å². The third-order valence-electron chi connectivity index (χ3n) is 6.38. The topological polar surface area (TPSA) is 74.3 Å². The number of ketones is 1. The van der Waals surface area contributed by atoms with Gasteiger partial charge in [-0.1, -0.05) is 11.6 Å². The summed E-state index contributed by atoms with van der Waals surface area (Å²) < 4.78 is 22.8. The standard InChI is InChI=1S/C25H28ClNO6/c1-15-9-18(10-16(2)24(15)26)32-14-22(29)27-7-5-25(6-8-27)13-19(28)23-20(31-4)11-17(30-3)12-21(23)33-25/h9-12H,5-8,13-14H2,1-4H3. The summed E-state index contributed by atoms with van der Waals surface area (Å²) in [5.74, 6) is 1.99. The number of hydrogen-bond donors (Lipinski definition) is 0. The van der Waals surface area contributed by atoms with Gasteiger partial charge in [0.1, 0.15) is 34.2 Å². The van der Waals surface area contributed by atoms with Gasteiger partial charge >= 0.3 is 0 Å². The van der Waals surface area contributed by atoms with E-state index < -0.39 is 5.60 Å². The van der Waals surface area contributed by atoms with Crippen molar-refractivity contribution >= 4 is 23.3 Å². The second-order valence-electron chi connectivity index (χ2n) is 8.63. The van der Waals surface area contributed by atoms with E-state index in [-0.39, 0.29) is 24.7 Å². The molecule has 0 aromatic heterocycles. The van der Waals surface area contributed by atoms with Gasteiger partial charge in [0.05, 0.1) is 20.6 Å². The Hall–Kier alpha value is -2.93. The van der Waals surface area contributed by atoms with Gasteiger partial charge in [-0.2, -0.15) is 0 Å². The molecule has 2 aliphatic rings. The number of benzene rings is 2. The number of amides is 1. The summed E-state index contributed by atoms with van der Waals surface area (Å²) in [5, 5.41) is 0.703. The van der Waals surface area contributed by atoms with Gasteiger partial charge in [-0.15, -0.1) is 0 Å². The van der Waals surface area contributed by atoms with Gasteiger partial charge in [0.25, 0.3) is 5.91 Å². The van der Waals surface area contributed by atoms with Crippen LogP contribution in [0.5, 0.6) is 23.0 Å². The number of methoxy groups -OCH3 is 2. The van der Waals surface area contributed by atoms with Gasteiger partial charge < -0.3 is 23.8 Å². The third-order valence-corrected chi connectivity index (χ3v) is 6.98. The van der Waals surface area contributed by atoms with E-state index in [1.54, 1.807) is 24.1 Å². The van der Waals surface area contributed by atoms with Crippen LogP contribution >= 0.6 is 11.6 Å². The van der Waals surface area contributed by atoms with Crippen LogP contribution in [0.25, 0.3) is 0 Å². The number of halogens is 1. The molecule has 8 heteroatoms. The van der Waals surface area contributed by atoms with E-state index >= 15 is 0 Å². The van der Waals surface area contributed by atoms with Gasteiger partial charge in [0, 0.05) is 43.1 Å². The predicted octanol–water partition coefficient (Wildman–Crippen LogP) is 4.38. The molecule has 1 fully saturated rings. The molecule has 2 aromatic carbocycles. The van der Waals surface area contributed by atoms with Gasteiger partial charge in [-0.3, -0.25) is 9.59 Å². The van der Waals surface area contributed by atoms with Crippen LogP contribution in [0.15, 0.2) is 24.3 Å². The maximum absolute atomic E-state index is 13.0. The number of rotatable bonds is 5. The quantitative estimate of drug-likeness (QED) is 0.641. The number of ether oxygens (including phenoxy) is 4. The summed E-state index contributed by atoms with van der Waals surface area (Å²) in [4.78, 5) is 27.5. The Bertz CT molecular complexity index is 1070. The maximum Gasteiger partial charge on any atom is 0.260 e. The SMILES string of the molecule is COc1cc(OC)c2c(c1)OC1(CCN(C(=O)COc3cc(C)c(Cl)c(C)c3)CC1)CC2=O. The average Bonchev–Trinajstić information content (AvgIpc) is 2.80. The lowest BCUT2D eigenvalue weighted by Crippen LogP contribution is -2.53. The van der Waals surface area contributed by atoms with Crippen molar-refractivity contribution in [2.24, 2.45) is 0 Å². The normalized spacial score (nSPS) is 16.8. The zero-order valence-electron chi connectivity index (χ0n) is 19.3. The second-order valence-corrected chi connectivity index (χ2v) is 9.01. The Morgan fingerprint density at radius 2 is 1.73 bits per heavy atom. The van der Waals surface area contributed by atoms with Crippen molar-refractivity contribution in [2.75, 3.05) is 33.9 Å². The van der Waals surface area contributed by atoms with Crippen molar-refractivity contribution in [3.63, 3.8) is 0 Å². The second kappa shape index (κ2) is 9.14. The molecule has 2 heterocycles. The Morgan fingerprint density at radius 3 is 2.33 bits per heavy atom. The Balaban J connectivity index is 1.40. The van der Waals surface area contributed by atoms with Gasteiger partial charge in [0.2, 0.25) is 0 Å². The number of Topliss-reactive ketones (excluding diaryl/α,β-unsaturated/α-hetero) is 1. The number of likely N-dealkylation sites (tertiary alicyclic amines) is 1. The van der Waals surface area contributed by atoms with E-state index in [0.29, 0.717) is 59.5 Å². The van der Waals surface area contributed by atoms with Crippen LogP contribution in [-0.2, 0) is 4.79 Å². The van der Waals surface area contributed by atoms with Crippen molar-refractivity contribution in [1.29, 1.82) is 0 Å². The highest BCUT2D eigenvalue weighted by atomic mass is 35.5. The molecule has 1 spiro atoms. The van der Waals surface area contributed by atoms with Gasteiger partial charge in [-0.25, -0.2) is 0 Å². The van der Waals surface area contributed by atoms with Gasteiger partial charge in [0.15, 0.2) is 12.4 Å². The molecule has 0 atom stereocenters. The van der Waals surface area contributed by atoms with Crippen LogP contribution < -0.4 is 18.9 Å². The van der Waals surface area contributed by atoms with Crippen molar-refractivity contribution < 1.29 is 28.5 Å². The number of nitrogens with zero attached hydrogens (tertiary/aromatic N) is 1. The van der Waals surface area contributed by atoms with E-state index in [2.05, 4.69) is 0 Å². The lowest BCUT2D eigenvalue weighted by Gasteiger charge is -2.44. The minimum Gasteiger partial charge on any atom is -0.496 e. The molecule has 0 bridgehead atoms. The zero-order chi connectivity index (χ0) is 23.8. The maximum atomic E-state index is 13.0. The number of carbonyl (C=O) groups excluding carboxylic acids is 2. The lowest BCUT2D eigenvalue weighted by atomic mass is 9.82. The van der Waals surface area contributed by atoms with Crippen molar-refractivity contribution in [1.82, 2.24) is 4.90 Å². The first kappa shape index (κ1) is 23.2. The fourth-order valence-electron chi connectivity index (χ4n) is 4.52. The monoisotopic (exact) mass is 473 g/mol. The smallest absolute Gasteiger partial charge is 0.260 e. The number of piperidine rings is 1. The first-order valence-electron chi connectivity index (χ1n) is 10.9. The molecule has 0 saturated carbocycles. The molecule has 0 N–H and O–H groups in total. The summed E-state index contributed by atoms with van der Waals surface area (Å²) in [6.07, 6.45) is 1.37. The molecule has 0 aliphatic carbocycles. The summed E-state index contributed by atoms with van der Waals surface area (Å²) in [5.41, 5.74) is 1.63. The number of hydrogen-bond acceptors (Lipinski definition) is 6. The molecule has 2 aliphatic heterocycles. The minimum atomic E-state index is -0.635. The number of carbonyl (C=O) groups is 2. The van der Waals surface area contributed by atoms with E-state index in [1.807, 2.05) is 26.0 Å². The fraction of sp³-hybridized carbons (Fsp3) is 0.440. The predicted molar refractivity (Wildman–Crippen MR) is 124 cm³/mol. The van der Waals surface area contributed by atoms with Crippen molar-refractivity contribution in [3.05, 3.63) is 46.0 Å². The average molecular weight is 474 g/mol. The Labute approximate surface area is 198 Å². The largest absolute Gasteiger partial charge is 0.496 e. The highest BCUT2D eigenvalue weighted by Crippen LogP contribution is 2.44. The van der Waals surface area contributed by atoms with Crippen molar-refractivity contribution in [3.8, 4) is 23.0 Å². The zero-order valence-corrected chi connectivity index (χ0v) is 20.1. The van der Waals surface area contributed by atoms with E-state index in [1.165, 1.54) is 7.11 Å². The highest BCUT2D eigenvalue weighted by Gasteiger charge is 2.45. The molecule has 2 aromatic rings.